The van der Waals surface area contributed by atoms with Crippen molar-refractivity contribution in [1.29, 1.82) is 0 Å². The topological polar surface area (TPSA) is 204 Å². The molecule has 0 bridgehead atoms. The number of thiol groups is 1. The maximum atomic E-state index is 13.3. The monoisotopic (exact) mass is 549 g/mol. The average molecular weight is 550 g/mol. The van der Waals surface area contributed by atoms with Crippen LogP contribution < -0.4 is 21.7 Å². The standard InChI is InChI=1S/C25H35N5O7S/c1-3-13(2)21(25(36)37)30-24(35)19(10-14-11-27-17-7-5-4-6-15(14)17)29-23(34)18(8-9-20(31)32)28-22(33)16(26)12-38/h4-7,11,13,16,18-19,21,27,38H,3,8-10,12,26H2,1-2H3,(H,28,33)(H,29,34)(H,30,35)(H,31,32)(H,36,37). The number of H-pyrrole nitrogens is 1. The molecule has 0 aliphatic carbocycles. The molecule has 3 amide bonds. The van der Waals surface area contributed by atoms with Crippen molar-refractivity contribution in [2.75, 3.05) is 5.75 Å². The lowest BCUT2D eigenvalue weighted by molar-refractivity contribution is -0.143. The molecule has 38 heavy (non-hydrogen) atoms. The lowest BCUT2D eigenvalue weighted by Gasteiger charge is -2.26. The highest BCUT2D eigenvalue weighted by Gasteiger charge is 2.32. The van der Waals surface area contributed by atoms with Gasteiger partial charge < -0.3 is 36.9 Å². The van der Waals surface area contributed by atoms with Crippen molar-refractivity contribution < 1.29 is 34.2 Å². The number of aromatic nitrogens is 1. The number of hydrogen-bond acceptors (Lipinski definition) is 7. The normalized spacial score (nSPS) is 15.1. The average Bonchev–Trinajstić information content (AvgIpc) is 3.30. The maximum Gasteiger partial charge on any atom is 0.326 e. The number of nitrogens with two attached hydrogens (primary N) is 1. The van der Waals surface area contributed by atoms with E-state index in [9.17, 15) is 29.1 Å². The van der Waals surface area contributed by atoms with E-state index in [0.29, 0.717) is 12.0 Å². The predicted octanol–water partition coefficient (Wildman–Crippen LogP) is 0.417. The zero-order valence-electron chi connectivity index (χ0n) is 21.3. The second-order valence-corrected chi connectivity index (χ2v) is 9.48. The minimum absolute atomic E-state index is 0.00309. The number of carboxylic acid groups (broad SMARTS) is 2. The van der Waals surface area contributed by atoms with Crippen molar-refractivity contribution in [2.45, 2.75) is 63.7 Å². The summed E-state index contributed by atoms with van der Waals surface area (Å²) in [6.45, 7) is 3.48. The van der Waals surface area contributed by atoms with Crippen LogP contribution in [0.25, 0.3) is 10.9 Å². The summed E-state index contributed by atoms with van der Waals surface area (Å²) >= 11 is 3.96. The summed E-state index contributed by atoms with van der Waals surface area (Å²) < 4.78 is 0. The first-order valence-corrected chi connectivity index (χ1v) is 12.9. The van der Waals surface area contributed by atoms with Crippen LogP contribution in [0.5, 0.6) is 0 Å². The Morgan fingerprint density at radius 3 is 2.24 bits per heavy atom. The van der Waals surface area contributed by atoms with Gasteiger partial charge in [-0.25, -0.2) is 4.79 Å². The summed E-state index contributed by atoms with van der Waals surface area (Å²) in [7, 11) is 0. The first kappa shape index (κ1) is 30.6. The zero-order valence-corrected chi connectivity index (χ0v) is 22.2. The molecule has 12 nitrogen and oxygen atoms in total. The fraction of sp³-hybridized carbons (Fsp3) is 0.480. The van der Waals surface area contributed by atoms with Gasteiger partial charge in [0.05, 0.1) is 6.04 Å². The number of carboxylic acids is 2. The van der Waals surface area contributed by atoms with Crippen molar-refractivity contribution in [2.24, 2.45) is 11.7 Å². The van der Waals surface area contributed by atoms with Crippen LogP contribution in [0, 0.1) is 5.92 Å². The van der Waals surface area contributed by atoms with Gasteiger partial charge in [0.15, 0.2) is 0 Å². The Morgan fingerprint density at radius 2 is 1.63 bits per heavy atom. The number of rotatable bonds is 15. The number of aliphatic carboxylic acids is 2. The lowest BCUT2D eigenvalue weighted by Crippen LogP contribution is -2.58. The van der Waals surface area contributed by atoms with E-state index in [1.165, 1.54) is 0 Å². The Kier molecular flexibility index (Phi) is 11.6. The van der Waals surface area contributed by atoms with Gasteiger partial charge in [-0.15, -0.1) is 0 Å². The number of benzene rings is 1. The highest BCUT2D eigenvalue weighted by atomic mass is 32.1. The second-order valence-electron chi connectivity index (χ2n) is 9.12. The molecule has 208 valence electrons. The summed E-state index contributed by atoms with van der Waals surface area (Å²) in [6, 6.07) is 2.59. The number of para-hydroxylation sites is 1. The van der Waals surface area contributed by atoms with Gasteiger partial charge in [-0.3, -0.25) is 19.2 Å². The Morgan fingerprint density at radius 1 is 1.00 bits per heavy atom. The summed E-state index contributed by atoms with van der Waals surface area (Å²) in [5.74, 6) is -5.01. The van der Waals surface area contributed by atoms with Crippen molar-refractivity contribution >= 4 is 53.2 Å². The number of fused-ring (bicyclic) bond motifs is 1. The van der Waals surface area contributed by atoms with Gasteiger partial charge >= 0.3 is 11.9 Å². The minimum atomic E-state index is -1.30. The number of carbonyl (C=O) groups is 5. The third kappa shape index (κ3) is 8.48. The quantitative estimate of drug-likeness (QED) is 0.146. The molecule has 2 rings (SSSR count). The van der Waals surface area contributed by atoms with Crippen LogP contribution in [0.3, 0.4) is 0 Å². The van der Waals surface area contributed by atoms with E-state index < -0.39 is 60.2 Å². The van der Waals surface area contributed by atoms with Crippen LogP contribution in [-0.2, 0) is 30.4 Å². The number of amides is 3. The van der Waals surface area contributed by atoms with Gasteiger partial charge in [0.2, 0.25) is 17.7 Å². The molecule has 0 saturated heterocycles. The van der Waals surface area contributed by atoms with Gasteiger partial charge in [0.25, 0.3) is 0 Å². The van der Waals surface area contributed by atoms with Crippen molar-refractivity contribution in [1.82, 2.24) is 20.9 Å². The molecule has 13 heteroatoms. The molecule has 8 N–H and O–H groups in total. The number of nitrogens with one attached hydrogen (secondary N) is 4. The summed E-state index contributed by atoms with van der Waals surface area (Å²) in [4.78, 5) is 64.9. The molecule has 0 aliphatic rings. The molecule has 0 spiro atoms. The van der Waals surface area contributed by atoms with E-state index in [-0.39, 0.29) is 24.5 Å². The molecule has 0 radical (unpaired) electrons. The molecule has 2 aromatic rings. The second kappa shape index (κ2) is 14.4. The Labute approximate surface area is 225 Å². The Hall–Kier alpha value is -3.58. The van der Waals surface area contributed by atoms with Gasteiger partial charge in [-0.05, 0) is 24.0 Å². The van der Waals surface area contributed by atoms with Gasteiger partial charge in [-0.1, -0.05) is 38.5 Å². The molecule has 1 aromatic heterocycles. The summed E-state index contributed by atoms with van der Waals surface area (Å²) in [5, 5.41) is 27.1. The van der Waals surface area contributed by atoms with E-state index in [1.807, 2.05) is 24.3 Å². The fourth-order valence-corrected chi connectivity index (χ4v) is 4.00. The highest BCUT2D eigenvalue weighted by Crippen LogP contribution is 2.20. The van der Waals surface area contributed by atoms with Crippen LogP contribution in [0.2, 0.25) is 0 Å². The van der Waals surface area contributed by atoms with Gasteiger partial charge in [0.1, 0.15) is 18.1 Å². The molecule has 0 fully saturated rings. The largest absolute Gasteiger partial charge is 0.481 e. The first-order chi connectivity index (χ1) is 18.0. The number of carbonyl (C=O) groups excluding carboxylic acids is 3. The van der Waals surface area contributed by atoms with Gasteiger partial charge in [0, 0.05) is 35.7 Å². The third-order valence-corrected chi connectivity index (χ3v) is 6.72. The molecule has 5 unspecified atom stereocenters. The molecule has 1 aromatic carbocycles. The van der Waals surface area contributed by atoms with Gasteiger partial charge in [-0.2, -0.15) is 12.6 Å². The smallest absolute Gasteiger partial charge is 0.326 e. The summed E-state index contributed by atoms with van der Waals surface area (Å²) in [6.07, 6.45) is 1.51. The Balaban J connectivity index is 2.35. The van der Waals surface area contributed by atoms with Crippen LogP contribution in [0.15, 0.2) is 30.5 Å². The number of hydrogen-bond donors (Lipinski definition) is 8. The first-order valence-electron chi connectivity index (χ1n) is 12.3. The Bertz CT molecular complexity index is 1150. The van der Waals surface area contributed by atoms with E-state index in [2.05, 4.69) is 33.6 Å². The molecule has 5 atom stereocenters. The van der Waals surface area contributed by atoms with E-state index in [0.717, 1.165) is 10.9 Å². The number of aromatic amines is 1. The van der Waals surface area contributed by atoms with Crippen LogP contribution >= 0.6 is 12.6 Å². The third-order valence-electron chi connectivity index (χ3n) is 6.32. The van der Waals surface area contributed by atoms with Crippen LogP contribution in [0.1, 0.15) is 38.7 Å². The van der Waals surface area contributed by atoms with Crippen LogP contribution in [0.4, 0.5) is 0 Å². The molecular weight excluding hydrogens is 514 g/mol. The zero-order chi connectivity index (χ0) is 28.4. The fourth-order valence-electron chi connectivity index (χ4n) is 3.84. The highest BCUT2D eigenvalue weighted by molar-refractivity contribution is 7.80. The van der Waals surface area contributed by atoms with Crippen LogP contribution in [-0.4, -0.2) is 74.8 Å². The van der Waals surface area contributed by atoms with E-state index in [4.69, 9.17) is 10.8 Å². The molecule has 0 saturated carbocycles. The van der Waals surface area contributed by atoms with Crippen molar-refractivity contribution in [3.05, 3.63) is 36.0 Å². The minimum Gasteiger partial charge on any atom is -0.481 e. The van der Waals surface area contributed by atoms with Crippen molar-refractivity contribution in [3.8, 4) is 0 Å². The lowest BCUT2D eigenvalue weighted by atomic mass is 9.97. The molecule has 1 heterocycles. The predicted molar refractivity (Wildman–Crippen MR) is 144 cm³/mol. The molecular formula is C25H35N5O7S. The SMILES string of the molecule is CCC(C)C(NC(=O)C(Cc1c[nH]c2ccccc12)NC(=O)C(CCC(=O)O)NC(=O)C(N)CS)C(=O)O. The molecule has 0 aliphatic heterocycles. The summed E-state index contributed by atoms with van der Waals surface area (Å²) in [5.41, 5.74) is 7.18. The van der Waals surface area contributed by atoms with E-state index in [1.54, 1.807) is 20.0 Å². The van der Waals surface area contributed by atoms with Crippen molar-refractivity contribution in [3.63, 3.8) is 0 Å². The van der Waals surface area contributed by atoms with E-state index >= 15 is 0 Å². The maximum absolute atomic E-state index is 13.3.